The Morgan fingerprint density at radius 1 is 0.880 bits per heavy atom. The van der Waals surface area contributed by atoms with Gasteiger partial charge in [-0.2, -0.15) is 0 Å². The van der Waals surface area contributed by atoms with Gasteiger partial charge in [-0.3, -0.25) is 0 Å². The van der Waals surface area contributed by atoms with E-state index in [1.807, 2.05) is 7.11 Å². The van der Waals surface area contributed by atoms with Gasteiger partial charge in [0.05, 0.1) is 0 Å². The van der Waals surface area contributed by atoms with Crippen molar-refractivity contribution in [2.75, 3.05) is 13.7 Å². The molecule has 0 aromatic heterocycles. The fourth-order valence-corrected chi connectivity index (χ4v) is 8.78. The van der Waals surface area contributed by atoms with Crippen molar-refractivity contribution in [2.45, 2.75) is 91.4 Å². The fraction of sp³-hybridized carbons (Fsp3) is 1.00. The first-order valence-electron chi connectivity index (χ1n) is 11.5. The van der Waals surface area contributed by atoms with Crippen molar-refractivity contribution in [3.05, 3.63) is 0 Å². The number of ether oxygens (including phenoxy) is 1. The maximum Gasteiger partial charge on any atom is 0.0464 e. The van der Waals surface area contributed by atoms with Crippen molar-refractivity contribution in [3.8, 4) is 0 Å². The SMILES string of the molecule is COCC[C@@H](C)[C@H]1CCC2C3CCC4CCCC[C@]4(C)C3CC[C@@]21C. The fourth-order valence-electron chi connectivity index (χ4n) is 8.78. The minimum Gasteiger partial charge on any atom is -0.385 e. The van der Waals surface area contributed by atoms with Crippen LogP contribution in [0.2, 0.25) is 0 Å². The highest BCUT2D eigenvalue weighted by Gasteiger charge is 2.59. The summed E-state index contributed by atoms with van der Waals surface area (Å²) in [5.74, 6) is 5.99. The molecule has 0 aromatic rings. The van der Waals surface area contributed by atoms with Crippen LogP contribution in [0.3, 0.4) is 0 Å². The first kappa shape index (κ1) is 18.3. The van der Waals surface area contributed by atoms with Crippen LogP contribution in [0.4, 0.5) is 0 Å². The lowest BCUT2D eigenvalue weighted by Crippen LogP contribution is -2.53. The van der Waals surface area contributed by atoms with Crippen molar-refractivity contribution in [3.63, 3.8) is 0 Å². The number of rotatable bonds is 4. The Morgan fingerprint density at radius 3 is 2.48 bits per heavy atom. The second-order valence-corrected chi connectivity index (χ2v) is 10.9. The third-order valence-electron chi connectivity index (χ3n) is 10.1. The van der Waals surface area contributed by atoms with E-state index in [4.69, 9.17) is 4.74 Å². The van der Waals surface area contributed by atoms with Crippen LogP contribution in [0, 0.1) is 46.3 Å². The summed E-state index contributed by atoms with van der Waals surface area (Å²) >= 11 is 0. The van der Waals surface area contributed by atoms with E-state index < -0.39 is 0 Å². The molecule has 144 valence electrons. The Morgan fingerprint density at radius 2 is 1.68 bits per heavy atom. The minimum atomic E-state index is 0.631. The van der Waals surface area contributed by atoms with Crippen molar-refractivity contribution in [2.24, 2.45) is 46.3 Å². The molecule has 1 heteroatoms. The molecule has 4 unspecified atom stereocenters. The summed E-state index contributed by atoms with van der Waals surface area (Å²) in [5, 5.41) is 0. The highest BCUT2D eigenvalue weighted by Crippen LogP contribution is 2.68. The van der Waals surface area contributed by atoms with Crippen molar-refractivity contribution in [1.29, 1.82) is 0 Å². The molecule has 0 heterocycles. The Kier molecular flexibility index (Phi) is 5.02. The predicted molar refractivity (Wildman–Crippen MR) is 105 cm³/mol. The number of fused-ring (bicyclic) bond motifs is 5. The van der Waals surface area contributed by atoms with Gasteiger partial charge in [0.1, 0.15) is 0 Å². The minimum absolute atomic E-state index is 0.631. The molecular weight excluding hydrogens is 304 g/mol. The lowest BCUT2D eigenvalue weighted by atomic mass is 9.44. The Bertz CT molecular complexity index is 473. The van der Waals surface area contributed by atoms with Gasteiger partial charge in [-0.1, -0.05) is 33.6 Å². The molecule has 0 bridgehead atoms. The molecule has 1 nitrogen and oxygen atoms in total. The molecule has 25 heavy (non-hydrogen) atoms. The molecule has 4 saturated carbocycles. The van der Waals surface area contributed by atoms with Crippen LogP contribution in [0.1, 0.15) is 91.4 Å². The van der Waals surface area contributed by atoms with Gasteiger partial charge < -0.3 is 4.74 Å². The lowest BCUT2D eigenvalue weighted by Gasteiger charge is -2.61. The molecule has 0 amide bonds. The average molecular weight is 347 g/mol. The van der Waals surface area contributed by atoms with Crippen LogP contribution >= 0.6 is 0 Å². The first-order chi connectivity index (χ1) is 12.0. The maximum absolute atomic E-state index is 5.40. The Balaban J connectivity index is 1.53. The topological polar surface area (TPSA) is 9.23 Å². The summed E-state index contributed by atoms with van der Waals surface area (Å²) in [5.41, 5.74) is 1.33. The second kappa shape index (κ2) is 6.84. The molecule has 4 aliphatic rings. The zero-order chi connectivity index (χ0) is 17.7. The monoisotopic (exact) mass is 346 g/mol. The molecule has 4 fully saturated rings. The van der Waals surface area contributed by atoms with Crippen LogP contribution in [0.5, 0.6) is 0 Å². The van der Waals surface area contributed by atoms with Gasteiger partial charge in [0.15, 0.2) is 0 Å². The molecule has 0 saturated heterocycles. The smallest absolute Gasteiger partial charge is 0.0464 e. The second-order valence-electron chi connectivity index (χ2n) is 10.9. The molecule has 0 aromatic carbocycles. The average Bonchev–Trinajstić information content (AvgIpc) is 2.96. The highest BCUT2D eigenvalue weighted by atomic mass is 16.5. The van der Waals surface area contributed by atoms with E-state index in [1.165, 1.54) is 51.4 Å². The summed E-state index contributed by atoms with van der Waals surface area (Å²) in [6, 6.07) is 0. The molecule has 0 aliphatic heterocycles. The van der Waals surface area contributed by atoms with Crippen LogP contribution in [-0.4, -0.2) is 13.7 Å². The summed E-state index contributed by atoms with van der Waals surface area (Å²) in [6.07, 6.45) is 16.5. The Hall–Kier alpha value is -0.0400. The predicted octanol–water partition coefficient (Wildman–Crippen LogP) is 6.71. The molecule has 4 aliphatic carbocycles. The summed E-state index contributed by atoms with van der Waals surface area (Å²) in [6.45, 7) is 8.88. The molecule has 8 atom stereocenters. The summed E-state index contributed by atoms with van der Waals surface area (Å²) in [7, 11) is 1.86. The zero-order valence-electron chi connectivity index (χ0n) is 17.4. The number of hydrogen-bond acceptors (Lipinski definition) is 1. The van der Waals surface area contributed by atoms with Gasteiger partial charge in [0.2, 0.25) is 0 Å². The quantitative estimate of drug-likeness (QED) is 0.550. The third kappa shape index (κ3) is 2.82. The zero-order valence-corrected chi connectivity index (χ0v) is 17.4. The van der Waals surface area contributed by atoms with E-state index in [0.717, 1.165) is 42.1 Å². The largest absolute Gasteiger partial charge is 0.385 e. The first-order valence-corrected chi connectivity index (χ1v) is 11.5. The normalized spacial score (nSPS) is 50.6. The van der Waals surface area contributed by atoms with Gasteiger partial charge in [0.25, 0.3) is 0 Å². The number of methoxy groups -OCH3 is 1. The van der Waals surface area contributed by atoms with Gasteiger partial charge >= 0.3 is 0 Å². The summed E-state index contributed by atoms with van der Waals surface area (Å²) in [4.78, 5) is 0. The number of hydrogen-bond donors (Lipinski definition) is 0. The van der Waals surface area contributed by atoms with Crippen molar-refractivity contribution >= 4 is 0 Å². The molecule has 0 N–H and O–H groups in total. The van der Waals surface area contributed by atoms with Crippen LogP contribution in [0.25, 0.3) is 0 Å². The van der Waals surface area contributed by atoms with Crippen molar-refractivity contribution < 1.29 is 4.74 Å². The summed E-state index contributed by atoms with van der Waals surface area (Å²) < 4.78 is 5.40. The van der Waals surface area contributed by atoms with Gasteiger partial charge in [0, 0.05) is 13.7 Å². The standard InChI is InChI=1S/C24H42O/c1-17(13-16-25-4)20-10-11-21-19-9-8-18-7-5-6-14-23(18,2)22(19)12-15-24(20,21)3/h17-22H,5-16H2,1-4H3/t17-,18?,19?,20-,21?,22?,23+,24-/m1/s1. The molecule has 0 radical (unpaired) electrons. The van der Waals surface area contributed by atoms with E-state index in [0.29, 0.717) is 10.8 Å². The van der Waals surface area contributed by atoms with Crippen LogP contribution in [-0.2, 0) is 4.74 Å². The molecule has 0 spiro atoms. The van der Waals surface area contributed by atoms with E-state index in [-0.39, 0.29) is 0 Å². The van der Waals surface area contributed by atoms with E-state index in [9.17, 15) is 0 Å². The van der Waals surface area contributed by atoms with Crippen LogP contribution in [0.15, 0.2) is 0 Å². The van der Waals surface area contributed by atoms with Crippen molar-refractivity contribution in [1.82, 2.24) is 0 Å². The van der Waals surface area contributed by atoms with E-state index >= 15 is 0 Å². The highest BCUT2D eigenvalue weighted by molar-refractivity contribution is 5.09. The third-order valence-corrected chi connectivity index (χ3v) is 10.1. The maximum atomic E-state index is 5.40. The van der Waals surface area contributed by atoms with Gasteiger partial charge in [-0.05, 0) is 104 Å². The van der Waals surface area contributed by atoms with Crippen LogP contribution < -0.4 is 0 Å². The van der Waals surface area contributed by atoms with E-state index in [1.54, 1.807) is 19.3 Å². The van der Waals surface area contributed by atoms with Gasteiger partial charge in [-0.15, -0.1) is 0 Å². The molecule has 4 rings (SSSR count). The lowest BCUT2D eigenvalue weighted by molar-refractivity contribution is -0.114. The van der Waals surface area contributed by atoms with Gasteiger partial charge in [-0.25, -0.2) is 0 Å². The molecular formula is C24H42O. The Labute approximate surface area is 156 Å². The van der Waals surface area contributed by atoms with E-state index in [2.05, 4.69) is 20.8 Å².